The normalized spacial score (nSPS) is 10.9. The van der Waals surface area contributed by atoms with E-state index in [0.29, 0.717) is 12.5 Å². The number of benzene rings is 1. The molecule has 0 spiro atoms. The van der Waals surface area contributed by atoms with Gasteiger partial charge in [0.15, 0.2) is 5.96 Å². The average molecular weight is 475 g/mol. The van der Waals surface area contributed by atoms with Gasteiger partial charge in [-0.1, -0.05) is 28.1 Å². The number of aromatic nitrogens is 1. The number of halogens is 2. The number of aliphatic imine (C=N–C) groups is 1. The molecule has 0 amide bonds. The maximum Gasteiger partial charge on any atom is 0.188 e. The minimum absolute atomic E-state index is 0. The number of nitrogens with one attached hydrogen (secondary N) is 1. The molecule has 1 aromatic carbocycles. The Balaban J connectivity index is 0.00000242. The number of nitrogens with zero attached hydrogens (tertiary/aromatic N) is 2. The molecule has 118 valence electrons. The van der Waals surface area contributed by atoms with Gasteiger partial charge in [0, 0.05) is 29.3 Å². The topological polar surface area (TPSA) is 63.3 Å². The van der Waals surface area contributed by atoms with Crippen LogP contribution in [0.15, 0.2) is 52.1 Å². The first-order chi connectivity index (χ1) is 10.1. The molecule has 2 rings (SSSR count). The lowest BCUT2D eigenvalue weighted by Gasteiger charge is -2.07. The highest BCUT2D eigenvalue weighted by Crippen LogP contribution is 2.16. The van der Waals surface area contributed by atoms with Gasteiger partial charge in [-0.3, -0.25) is 4.98 Å². The second-order valence-corrected chi connectivity index (χ2v) is 5.69. The van der Waals surface area contributed by atoms with Crippen LogP contribution >= 0.6 is 39.9 Å². The molecule has 0 bridgehead atoms. The first-order valence-electron chi connectivity index (χ1n) is 6.84. The van der Waals surface area contributed by atoms with Crippen LogP contribution in [0.4, 0.5) is 0 Å². The molecule has 1 aromatic heterocycles. The van der Waals surface area contributed by atoms with Crippen molar-refractivity contribution in [3.63, 3.8) is 0 Å². The van der Waals surface area contributed by atoms with Crippen LogP contribution in [0.1, 0.15) is 16.8 Å². The van der Waals surface area contributed by atoms with Crippen molar-refractivity contribution < 1.29 is 0 Å². The van der Waals surface area contributed by atoms with E-state index in [9.17, 15) is 0 Å². The summed E-state index contributed by atoms with van der Waals surface area (Å²) in [5.74, 6) is 0.466. The Kier molecular flexibility index (Phi) is 8.40. The Morgan fingerprint density at radius 3 is 2.82 bits per heavy atom. The van der Waals surface area contributed by atoms with Gasteiger partial charge in [-0.25, -0.2) is 4.99 Å². The Morgan fingerprint density at radius 1 is 1.32 bits per heavy atom. The zero-order valence-corrected chi connectivity index (χ0v) is 16.3. The predicted molar refractivity (Wildman–Crippen MR) is 106 cm³/mol. The van der Waals surface area contributed by atoms with Gasteiger partial charge in [-0.05, 0) is 42.3 Å². The fraction of sp³-hybridized carbons (Fsp3) is 0.250. The van der Waals surface area contributed by atoms with Gasteiger partial charge in [0.25, 0.3) is 0 Å². The second-order valence-electron chi connectivity index (χ2n) is 4.77. The average Bonchev–Trinajstić information content (AvgIpc) is 2.47. The smallest absolute Gasteiger partial charge is 0.188 e. The largest absolute Gasteiger partial charge is 0.370 e. The van der Waals surface area contributed by atoms with Gasteiger partial charge in [0.05, 0.1) is 6.54 Å². The van der Waals surface area contributed by atoms with Crippen molar-refractivity contribution in [2.45, 2.75) is 19.9 Å². The van der Waals surface area contributed by atoms with Gasteiger partial charge >= 0.3 is 0 Å². The summed E-state index contributed by atoms with van der Waals surface area (Å²) in [4.78, 5) is 8.63. The van der Waals surface area contributed by atoms with Gasteiger partial charge in [0.2, 0.25) is 0 Å². The van der Waals surface area contributed by atoms with Crippen molar-refractivity contribution in [2.24, 2.45) is 10.7 Å². The molecule has 0 atom stereocenters. The Bertz CT molecular complexity index is 617. The molecular weight excluding hydrogens is 455 g/mol. The Hall–Kier alpha value is -1.15. The first kappa shape index (κ1) is 18.9. The van der Waals surface area contributed by atoms with Crippen LogP contribution in [-0.2, 0) is 13.0 Å². The quantitative estimate of drug-likeness (QED) is 0.396. The van der Waals surface area contributed by atoms with E-state index in [-0.39, 0.29) is 24.0 Å². The van der Waals surface area contributed by atoms with Crippen molar-refractivity contribution in [3.8, 4) is 0 Å². The zero-order valence-electron chi connectivity index (χ0n) is 12.4. The fourth-order valence-electron chi connectivity index (χ4n) is 1.93. The Labute approximate surface area is 156 Å². The third-order valence-corrected chi connectivity index (χ3v) is 3.63. The third-order valence-electron chi connectivity index (χ3n) is 3.14. The SMILES string of the molecule is Cc1cc(Br)ccc1CN=C(N)NCCc1ccccn1.I. The molecule has 1 heterocycles. The summed E-state index contributed by atoms with van der Waals surface area (Å²) in [5, 5.41) is 3.11. The second kappa shape index (κ2) is 9.78. The van der Waals surface area contributed by atoms with Gasteiger partial charge in [0.1, 0.15) is 0 Å². The number of nitrogens with two attached hydrogens (primary N) is 1. The third kappa shape index (κ3) is 6.31. The van der Waals surface area contributed by atoms with Crippen LogP contribution in [-0.4, -0.2) is 17.5 Å². The van der Waals surface area contributed by atoms with E-state index in [0.717, 1.165) is 23.1 Å². The van der Waals surface area contributed by atoms with Crippen LogP contribution in [0.5, 0.6) is 0 Å². The predicted octanol–water partition coefficient (Wildman–Crippen LogP) is 3.42. The van der Waals surface area contributed by atoms with Crippen molar-refractivity contribution in [1.29, 1.82) is 0 Å². The van der Waals surface area contributed by atoms with Gasteiger partial charge < -0.3 is 11.1 Å². The standard InChI is InChI=1S/C16H19BrN4.HI/c1-12-10-14(17)6-5-13(12)11-21-16(18)20-9-7-15-4-2-3-8-19-15;/h2-6,8,10H,7,9,11H2,1H3,(H3,18,20,21);1H. The van der Waals surface area contributed by atoms with E-state index in [1.54, 1.807) is 6.20 Å². The molecule has 0 fully saturated rings. The number of hydrogen-bond donors (Lipinski definition) is 2. The van der Waals surface area contributed by atoms with E-state index in [4.69, 9.17) is 5.73 Å². The lowest BCUT2D eigenvalue weighted by Crippen LogP contribution is -2.33. The van der Waals surface area contributed by atoms with Crippen LogP contribution in [0.3, 0.4) is 0 Å². The molecule has 4 nitrogen and oxygen atoms in total. The summed E-state index contributed by atoms with van der Waals surface area (Å²) in [6.07, 6.45) is 2.62. The van der Waals surface area contributed by atoms with Crippen molar-refractivity contribution in [2.75, 3.05) is 6.54 Å². The monoisotopic (exact) mass is 474 g/mol. The number of rotatable bonds is 5. The highest BCUT2D eigenvalue weighted by atomic mass is 127. The summed E-state index contributed by atoms with van der Waals surface area (Å²) in [6, 6.07) is 12.0. The molecule has 0 aliphatic carbocycles. The van der Waals surface area contributed by atoms with E-state index in [1.807, 2.05) is 24.3 Å². The fourth-order valence-corrected chi connectivity index (χ4v) is 2.40. The van der Waals surface area contributed by atoms with Crippen LogP contribution in [0.25, 0.3) is 0 Å². The number of pyridine rings is 1. The minimum atomic E-state index is 0. The highest BCUT2D eigenvalue weighted by Gasteiger charge is 1.99. The first-order valence-corrected chi connectivity index (χ1v) is 7.63. The summed E-state index contributed by atoms with van der Waals surface area (Å²) < 4.78 is 1.08. The molecule has 0 unspecified atom stereocenters. The molecular formula is C16H20BrIN4. The molecule has 0 radical (unpaired) electrons. The number of hydrogen-bond acceptors (Lipinski definition) is 2. The van der Waals surface area contributed by atoms with Crippen molar-refractivity contribution in [1.82, 2.24) is 10.3 Å². The molecule has 0 aliphatic heterocycles. The maximum absolute atomic E-state index is 5.87. The molecule has 2 aromatic rings. The maximum atomic E-state index is 5.87. The minimum Gasteiger partial charge on any atom is -0.370 e. The lowest BCUT2D eigenvalue weighted by molar-refractivity contribution is 0.827. The number of aryl methyl sites for hydroxylation is 1. The summed E-state index contributed by atoms with van der Waals surface area (Å²) >= 11 is 3.45. The molecule has 0 saturated heterocycles. The highest BCUT2D eigenvalue weighted by molar-refractivity contribution is 14.0. The molecule has 0 saturated carbocycles. The van der Waals surface area contributed by atoms with E-state index < -0.39 is 0 Å². The van der Waals surface area contributed by atoms with Gasteiger partial charge in [-0.2, -0.15) is 0 Å². The van der Waals surface area contributed by atoms with Crippen molar-refractivity contribution in [3.05, 3.63) is 63.9 Å². The van der Waals surface area contributed by atoms with Gasteiger partial charge in [-0.15, -0.1) is 24.0 Å². The lowest BCUT2D eigenvalue weighted by atomic mass is 10.1. The van der Waals surface area contributed by atoms with Crippen LogP contribution < -0.4 is 11.1 Å². The molecule has 3 N–H and O–H groups in total. The molecule has 22 heavy (non-hydrogen) atoms. The van der Waals surface area contributed by atoms with E-state index >= 15 is 0 Å². The summed E-state index contributed by atoms with van der Waals surface area (Å²) in [6.45, 7) is 3.38. The number of guanidine groups is 1. The van der Waals surface area contributed by atoms with Crippen LogP contribution in [0, 0.1) is 6.92 Å². The van der Waals surface area contributed by atoms with E-state index in [2.05, 4.69) is 50.3 Å². The summed E-state index contributed by atoms with van der Waals surface area (Å²) in [5.41, 5.74) is 9.29. The zero-order chi connectivity index (χ0) is 15.1. The van der Waals surface area contributed by atoms with E-state index in [1.165, 1.54) is 11.1 Å². The Morgan fingerprint density at radius 2 is 2.14 bits per heavy atom. The molecule has 0 aliphatic rings. The van der Waals surface area contributed by atoms with Crippen molar-refractivity contribution >= 4 is 45.9 Å². The molecule has 6 heteroatoms. The summed E-state index contributed by atoms with van der Waals surface area (Å²) in [7, 11) is 0. The van der Waals surface area contributed by atoms with Crippen LogP contribution in [0.2, 0.25) is 0 Å².